The average Bonchev–Trinajstić information content (AvgIpc) is 2.23. The van der Waals surface area contributed by atoms with Crippen LogP contribution in [0.4, 0.5) is 13.2 Å². The van der Waals surface area contributed by atoms with E-state index in [1.165, 1.54) is 0 Å². The summed E-state index contributed by atoms with van der Waals surface area (Å²) in [7, 11) is 0. The number of hydrogen-bond donors (Lipinski definition) is 2. The van der Waals surface area contributed by atoms with Gasteiger partial charge in [0.1, 0.15) is 6.61 Å². The van der Waals surface area contributed by atoms with Crippen LogP contribution in [0.25, 0.3) is 0 Å². The van der Waals surface area contributed by atoms with Crippen molar-refractivity contribution in [2.45, 2.75) is 6.18 Å². The largest absolute Gasteiger partial charge is 0.476 e. The molecule has 102 valence electrons. The summed E-state index contributed by atoms with van der Waals surface area (Å²) in [6.07, 6.45) is -3.69. The maximum Gasteiger partial charge on any atom is 0.417 e. The third-order valence-corrected chi connectivity index (χ3v) is 1.70. The van der Waals surface area contributed by atoms with Crippen molar-refractivity contribution in [2.24, 2.45) is 16.5 Å². The van der Waals surface area contributed by atoms with Crippen molar-refractivity contribution in [3.05, 3.63) is 23.9 Å². The lowest BCUT2D eigenvalue weighted by Crippen LogP contribution is -2.23. The van der Waals surface area contributed by atoms with E-state index < -0.39 is 11.7 Å². The van der Waals surface area contributed by atoms with E-state index in [-0.39, 0.29) is 49.0 Å². The molecule has 9 heteroatoms. The number of alkyl halides is 3. The average molecular weight is 376 g/mol. The molecule has 1 rings (SSSR count). The Hall–Kier alpha value is -1.26. The molecule has 0 saturated heterocycles. The molecule has 0 fully saturated rings. The maximum absolute atomic E-state index is 12.2. The zero-order chi connectivity index (χ0) is 12.9. The van der Waals surface area contributed by atoms with Gasteiger partial charge in [-0.3, -0.25) is 4.99 Å². The van der Waals surface area contributed by atoms with Crippen molar-refractivity contribution in [3.8, 4) is 5.88 Å². The third kappa shape index (κ3) is 5.89. The van der Waals surface area contributed by atoms with Crippen molar-refractivity contribution in [1.82, 2.24) is 4.98 Å². The number of pyridine rings is 1. The Bertz CT molecular complexity index is 390. The van der Waals surface area contributed by atoms with Gasteiger partial charge in [-0.2, -0.15) is 13.2 Å². The lowest BCUT2D eigenvalue weighted by molar-refractivity contribution is -0.137. The van der Waals surface area contributed by atoms with E-state index >= 15 is 0 Å². The quantitative estimate of drug-likeness (QED) is 0.360. The Balaban J connectivity index is 0.00000289. The fourth-order valence-corrected chi connectivity index (χ4v) is 0.958. The number of rotatable bonds is 4. The van der Waals surface area contributed by atoms with Crippen molar-refractivity contribution in [1.29, 1.82) is 0 Å². The van der Waals surface area contributed by atoms with Crippen LogP contribution in [0, 0.1) is 0 Å². The molecule has 0 aliphatic heterocycles. The Labute approximate surface area is 118 Å². The summed E-state index contributed by atoms with van der Waals surface area (Å²) in [4.78, 5) is 7.14. The number of nitrogens with two attached hydrogens (primary N) is 2. The topological polar surface area (TPSA) is 86.5 Å². The van der Waals surface area contributed by atoms with Crippen LogP contribution in [-0.4, -0.2) is 24.1 Å². The first-order chi connectivity index (χ1) is 7.89. The van der Waals surface area contributed by atoms with Gasteiger partial charge in [-0.15, -0.1) is 24.0 Å². The molecule has 5 nitrogen and oxygen atoms in total. The van der Waals surface area contributed by atoms with E-state index in [0.717, 1.165) is 12.1 Å². The van der Waals surface area contributed by atoms with Gasteiger partial charge in [0.2, 0.25) is 5.88 Å². The second-order valence-corrected chi connectivity index (χ2v) is 3.04. The van der Waals surface area contributed by atoms with Gasteiger partial charge in [0, 0.05) is 12.3 Å². The zero-order valence-electron chi connectivity index (χ0n) is 9.15. The molecule has 0 aromatic carbocycles. The highest BCUT2D eigenvalue weighted by atomic mass is 127. The van der Waals surface area contributed by atoms with Gasteiger partial charge in [0.05, 0.1) is 12.1 Å². The fourth-order valence-electron chi connectivity index (χ4n) is 0.958. The second-order valence-electron chi connectivity index (χ2n) is 3.04. The Morgan fingerprint density at radius 2 is 2.00 bits per heavy atom. The molecule has 1 heterocycles. The highest BCUT2D eigenvalue weighted by molar-refractivity contribution is 14.0. The summed E-state index contributed by atoms with van der Waals surface area (Å²) < 4.78 is 41.6. The molecule has 1 aromatic heterocycles. The monoisotopic (exact) mass is 376 g/mol. The third-order valence-electron chi connectivity index (χ3n) is 1.70. The summed E-state index contributed by atoms with van der Waals surface area (Å²) in [6.45, 7) is 0.349. The number of nitrogens with zero attached hydrogens (tertiary/aromatic N) is 2. The van der Waals surface area contributed by atoms with Crippen molar-refractivity contribution >= 4 is 29.9 Å². The van der Waals surface area contributed by atoms with Gasteiger partial charge in [-0.25, -0.2) is 4.98 Å². The first kappa shape index (κ1) is 16.7. The summed E-state index contributed by atoms with van der Waals surface area (Å²) in [5.74, 6) is 0.0118. The standard InChI is InChI=1S/C9H11F3N4O.HI/c10-9(11,12)6-1-2-7(16-5-6)17-4-3-15-8(13)14;/h1-2,5H,3-4H2,(H4,13,14,15);1H. The van der Waals surface area contributed by atoms with Crippen LogP contribution in [-0.2, 0) is 6.18 Å². The predicted octanol–water partition coefficient (Wildman–Crippen LogP) is 1.37. The van der Waals surface area contributed by atoms with Crippen LogP contribution in [0.1, 0.15) is 5.56 Å². The molecule has 0 radical (unpaired) electrons. The smallest absolute Gasteiger partial charge is 0.417 e. The number of aliphatic imine (C=N–C) groups is 1. The van der Waals surface area contributed by atoms with Gasteiger partial charge in [0.15, 0.2) is 5.96 Å². The normalized spacial score (nSPS) is 10.4. The number of ether oxygens (including phenoxy) is 1. The van der Waals surface area contributed by atoms with E-state index in [0.29, 0.717) is 6.20 Å². The molecular weight excluding hydrogens is 364 g/mol. The number of aromatic nitrogens is 1. The van der Waals surface area contributed by atoms with Crippen LogP contribution in [0.15, 0.2) is 23.3 Å². The minimum Gasteiger partial charge on any atom is -0.476 e. The summed E-state index contributed by atoms with van der Waals surface area (Å²) in [5.41, 5.74) is 9.32. The molecule has 0 amide bonds. The van der Waals surface area contributed by atoms with E-state index in [1.54, 1.807) is 0 Å². The van der Waals surface area contributed by atoms with Gasteiger partial charge < -0.3 is 16.2 Å². The number of halogens is 4. The first-order valence-electron chi connectivity index (χ1n) is 4.61. The molecule has 4 N–H and O–H groups in total. The lowest BCUT2D eigenvalue weighted by Gasteiger charge is -2.07. The lowest BCUT2D eigenvalue weighted by atomic mass is 10.3. The van der Waals surface area contributed by atoms with Gasteiger partial charge in [0.25, 0.3) is 0 Å². The predicted molar refractivity (Wildman–Crippen MR) is 70.8 cm³/mol. The maximum atomic E-state index is 12.2. The summed E-state index contributed by atoms with van der Waals surface area (Å²) in [5, 5.41) is 0. The molecular formula is C9H12F3IN4O. The molecule has 18 heavy (non-hydrogen) atoms. The molecule has 0 unspecified atom stereocenters. The Kier molecular flexibility index (Phi) is 6.73. The molecule has 0 atom stereocenters. The number of guanidine groups is 1. The molecule has 0 spiro atoms. The van der Waals surface area contributed by atoms with Crippen LogP contribution < -0.4 is 16.2 Å². The summed E-state index contributed by atoms with van der Waals surface area (Å²) in [6, 6.07) is 2.03. The van der Waals surface area contributed by atoms with Crippen LogP contribution >= 0.6 is 24.0 Å². The van der Waals surface area contributed by atoms with E-state index in [9.17, 15) is 13.2 Å². The molecule has 0 aliphatic rings. The van der Waals surface area contributed by atoms with Crippen molar-refractivity contribution in [3.63, 3.8) is 0 Å². The highest BCUT2D eigenvalue weighted by Gasteiger charge is 2.30. The van der Waals surface area contributed by atoms with Gasteiger partial charge in [-0.1, -0.05) is 0 Å². The Morgan fingerprint density at radius 3 is 2.44 bits per heavy atom. The number of hydrogen-bond acceptors (Lipinski definition) is 3. The minimum absolute atomic E-state index is 0. The van der Waals surface area contributed by atoms with Crippen LogP contribution in [0.3, 0.4) is 0 Å². The molecule has 0 saturated carbocycles. The SMILES string of the molecule is I.NC(N)=NCCOc1ccc(C(F)(F)F)cn1. The van der Waals surface area contributed by atoms with E-state index in [1.807, 2.05) is 0 Å². The summed E-state index contributed by atoms with van der Waals surface area (Å²) >= 11 is 0. The fraction of sp³-hybridized carbons (Fsp3) is 0.333. The van der Waals surface area contributed by atoms with Crippen molar-refractivity contribution < 1.29 is 17.9 Å². The minimum atomic E-state index is -4.40. The van der Waals surface area contributed by atoms with E-state index in [4.69, 9.17) is 16.2 Å². The molecule has 0 bridgehead atoms. The molecule has 1 aromatic rings. The molecule has 0 aliphatic carbocycles. The van der Waals surface area contributed by atoms with Crippen LogP contribution in [0.2, 0.25) is 0 Å². The van der Waals surface area contributed by atoms with Crippen molar-refractivity contribution in [2.75, 3.05) is 13.2 Å². The van der Waals surface area contributed by atoms with Gasteiger partial charge >= 0.3 is 6.18 Å². The zero-order valence-corrected chi connectivity index (χ0v) is 11.5. The van der Waals surface area contributed by atoms with Crippen LogP contribution in [0.5, 0.6) is 5.88 Å². The van der Waals surface area contributed by atoms with Gasteiger partial charge in [-0.05, 0) is 6.07 Å². The highest BCUT2D eigenvalue weighted by Crippen LogP contribution is 2.29. The van der Waals surface area contributed by atoms with E-state index in [2.05, 4.69) is 9.98 Å². The second kappa shape index (κ2) is 7.24. The first-order valence-corrected chi connectivity index (χ1v) is 4.61. The Morgan fingerprint density at radius 1 is 1.33 bits per heavy atom.